The molecule has 0 aromatic rings. The number of Topliss-reactive ketones (excluding diaryl/α,β-unsaturated/α-hetero) is 1. The molecule has 1 amide bonds. The zero-order chi connectivity index (χ0) is 8.65. The molecule has 11 heavy (non-hydrogen) atoms. The molecule has 1 aliphatic heterocycles. The van der Waals surface area contributed by atoms with E-state index in [0.29, 0.717) is 6.42 Å². The Kier molecular flexibility index (Phi) is 1.74. The van der Waals surface area contributed by atoms with E-state index in [2.05, 4.69) is 0 Å². The van der Waals surface area contributed by atoms with Crippen LogP contribution in [-0.4, -0.2) is 30.2 Å². The smallest absolute Gasteiger partial charge is 0.223 e. The van der Waals surface area contributed by atoms with Gasteiger partial charge in [0.05, 0.1) is 6.54 Å². The summed E-state index contributed by atoms with van der Waals surface area (Å²) in [6.45, 7) is 3.91. The monoisotopic (exact) mass is 155 g/mol. The average Bonchev–Trinajstić information content (AvgIpc) is 1.83. The van der Waals surface area contributed by atoms with Crippen LogP contribution in [0.1, 0.15) is 20.3 Å². The molecule has 0 saturated carbocycles. The van der Waals surface area contributed by atoms with Crippen molar-refractivity contribution in [3.05, 3.63) is 0 Å². The van der Waals surface area contributed by atoms with Crippen LogP contribution in [0.3, 0.4) is 0 Å². The molecule has 0 aliphatic carbocycles. The maximum atomic E-state index is 11.3. The first-order valence-electron chi connectivity index (χ1n) is 3.71. The standard InChI is InChI=1S/C8H13NO2/c1-8(2)4-7(11)9(3)5-6(8)10/h4-5H2,1-3H3. The first-order chi connectivity index (χ1) is 4.93. The van der Waals surface area contributed by atoms with Crippen LogP contribution >= 0.6 is 0 Å². The van der Waals surface area contributed by atoms with E-state index in [1.54, 1.807) is 7.05 Å². The molecular formula is C8H13NO2. The van der Waals surface area contributed by atoms with Crippen LogP contribution in [0.25, 0.3) is 0 Å². The van der Waals surface area contributed by atoms with Crippen molar-refractivity contribution >= 4 is 11.7 Å². The van der Waals surface area contributed by atoms with Gasteiger partial charge in [-0.05, 0) is 0 Å². The zero-order valence-corrected chi connectivity index (χ0v) is 7.18. The molecule has 1 rings (SSSR count). The van der Waals surface area contributed by atoms with E-state index < -0.39 is 5.41 Å². The topological polar surface area (TPSA) is 37.4 Å². The lowest BCUT2D eigenvalue weighted by atomic mass is 9.81. The molecule has 0 bridgehead atoms. The van der Waals surface area contributed by atoms with Crippen LogP contribution in [0, 0.1) is 5.41 Å². The van der Waals surface area contributed by atoms with Crippen molar-refractivity contribution in [3.8, 4) is 0 Å². The quantitative estimate of drug-likeness (QED) is 0.509. The Bertz CT molecular complexity index is 208. The SMILES string of the molecule is CN1CC(=O)C(C)(C)CC1=O. The number of carbonyl (C=O) groups excluding carboxylic acids is 2. The summed E-state index contributed by atoms with van der Waals surface area (Å²) in [5, 5.41) is 0. The second kappa shape index (κ2) is 2.32. The van der Waals surface area contributed by atoms with Crippen LogP contribution in [-0.2, 0) is 9.59 Å². The maximum absolute atomic E-state index is 11.3. The minimum absolute atomic E-state index is 0.0644. The van der Waals surface area contributed by atoms with Gasteiger partial charge in [0.25, 0.3) is 0 Å². The van der Waals surface area contributed by atoms with Gasteiger partial charge in [-0.15, -0.1) is 0 Å². The molecule has 62 valence electrons. The molecule has 1 fully saturated rings. The van der Waals surface area contributed by atoms with Gasteiger partial charge in [0.2, 0.25) is 5.91 Å². The predicted octanol–water partition coefficient (Wildman–Crippen LogP) is 0.444. The molecular weight excluding hydrogens is 142 g/mol. The summed E-state index contributed by atoms with van der Waals surface area (Å²) in [6, 6.07) is 0. The number of hydrogen-bond acceptors (Lipinski definition) is 2. The minimum Gasteiger partial charge on any atom is -0.338 e. The van der Waals surface area contributed by atoms with Gasteiger partial charge in [-0.3, -0.25) is 9.59 Å². The Morgan fingerprint density at radius 3 is 2.36 bits per heavy atom. The fourth-order valence-corrected chi connectivity index (χ4v) is 1.13. The number of rotatable bonds is 0. The average molecular weight is 155 g/mol. The molecule has 0 aromatic carbocycles. The molecule has 0 spiro atoms. The van der Waals surface area contributed by atoms with Gasteiger partial charge in [0, 0.05) is 18.9 Å². The molecule has 1 heterocycles. The van der Waals surface area contributed by atoms with Crippen LogP contribution < -0.4 is 0 Å². The third-order valence-electron chi connectivity index (χ3n) is 2.15. The number of ketones is 1. The lowest BCUT2D eigenvalue weighted by Crippen LogP contribution is -2.46. The molecule has 0 atom stereocenters. The lowest BCUT2D eigenvalue weighted by Gasteiger charge is -2.32. The summed E-state index contributed by atoms with van der Waals surface area (Å²) < 4.78 is 0. The Morgan fingerprint density at radius 1 is 1.36 bits per heavy atom. The highest BCUT2D eigenvalue weighted by molar-refractivity contribution is 5.96. The van der Waals surface area contributed by atoms with Crippen LogP contribution in [0.15, 0.2) is 0 Å². The summed E-state index contributed by atoms with van der Waals surface area (Å²) in [5.41, 5.74) is -0.441. The highest BCUT2D eigenvalue weighted by Crippen LogP contribution is 2.26. The Labute approximate surface area is 66.4 Å². The van der Waals surface area contributed by atoms with E-state index in [1.807, 2.05) is 13.8 Å². The Morgan fingerprint density at radius 2 is 1.91 bits per heavy atom. The van der Waals surface area contributed by atoms with Gasteiger partial charge >= 0.3 is 0 Å². The summed E-state index contributed by atoms with van der Waals surface area (Å²) in [7, 11) is 1.66. The summed E-state index contributed by atoms with van der Waals surface area (Å²) in [4.78, 5) is 23.9. The van der Waals surface area contributed by atoms with E-state index in [0.717, 1.165) is 0 Å². The third-order valence-corrected chi connectivity index (χ3v) is 2.15. The van der Waals surface area contributed by atoms with Crippen molar-refractivity contribution in [2.45, 2.75) is 20.3 Å². The van der Waals surface area contributed by atoms with E-state index in [4.69, 9.17) is 0 Å². The fourth-order valence-electron chi connectivity index (χ4n) is 1.13. The van der Waals surface area contributed by atoms with E-state index in [-0.39, 0.29) is 18.2 Å². The second-order valence-electron chi connectivity index (χ2n) is 3.73. The molecule has 0 N–H and O–H groups in total. The fraction of sp³-hybridized carbons (Fsp3) is 0.750. The number of piperidine rings is 1. The Hall–Kier alpha value is -0.860. The van der Waals surface area contributed by atoms with Gasteiger partial charge in [-0.25, -0.2) is 0 Å². The van der Waals surface area contributed by atoms with Gasteiger partial charge in [0.1, 0.15) is 0 Å². The van der Waals surface area contributed by atoms with Gasteiger partial charge in [-0.1, -0.05) is 13.8 Å². The molecule has 1 saturated heterocycles. The van der Waals surface area contributed by atoms with Gasteiger partial charge < -0.3 is 4.90 Å². The van der Waals surface area contributed by atoms with E-state index in [9.17, 15) is 9.59 Å². The summed E-state index contributed by atoms with van der Waals surface area (Å²) in [6.07, 6.45) is 0.350. The molecule has 3 heteroatoms. The van der Waals surface area contributed by atoms with Crippen molar-refractivity contribution in [2.24, 2.45) is 5.41 Å². The first-order valence-corrected chi connectivity index (χ1v) is 3.71. The number of likely N-dealkylation sites (tertiary alicyclic amines) is 1. The van der Waals surface area contributed by atoms with Gasteiger partial charge in [-0.2, -0.15) is 0 Å². The Balaban J connectivity index is 2.79. The molecule has 0 radical (unpaired) electrons. The number of likely N-dealkylation sites (N-methyl/N-ethyl adjacent to an activating group) is 1. The first kappa shape index (κ1) is 8.24. The summed E-state index contributed by atoms with van der Waals surface area (Å²) >= 11 is 0. The van der Waals surface area contributed by atoms with Crippen LogP contribution in [0.2, 0.25) is 0 Å². The number of nitrogens with zero attached hydrogens (tertiary/aromatic N) is 1. The van der Waals surface area contributed by atoms with Crippen molar-refractivity contribution in [3.63, 3.8) is 0 Å². The predicted molar refractivity (Wildman–Crippen MR) is 41.0 cm³/mol. The number of amides is 1. The normalized spacial score (nSPS) is 24.1. The second-order valence-corrected chi connectivity index (χ2v) is 3.73. The lowest BCUT2D eigenvalue weighted by molar-refractivity contribution is -0.146. The van der Waals surface area contributed by atoms with E-state index in [1.165, 1.54) is 4.90 Å². The minimum atomic E-state index is -0.441. The molecule has 0 aromatic heterocycles. The highest BCUT2D eigenvalue weighted by Gasteiger charge is 2.36. The van der Waals surface area contributed by atoms with Crippen LogP contribution in [0.5, 0.6) is 0 Å². The summed E-state index contributed by atoms with van der Waals surface area (Å²) in [5.74, 6) is 0.217. The largest absolute Gasteiger partial charge is 0.338 e. The van der Waals surface area contributed by atoms with Crippen molar-refractivity contribution in [1.82, 2.24) is 4.90 Å². The third kappa shape index (κ3) is 1.42. The van der Waals surface area contributed by atoms with Crippen molar-refractivity contribution in [2.75, 3.05) is 13.6 Å². The van der Waals surface area contributed by atoms with Gasteiger partial charge in [0.15, 0.2) is 5.78 Å². The molecule has 1 aliphatic rings. The number of carbonyl (C=O) groups is 2. The highest BCUT2D eigenvalue weighted by atomic mass is 16.2. The van der Waals surface area contributed by atoms with Crippen molar-refractivity contribution in [1.29, 1.82) is 0 Å². The van der Waals surface area contributed by atoms with Crippen molar-refractivity contribution < 1.29 is 9.59 Å². The molecule has 0 unspecified atom stereocenters. The molecule has 3 nitrogen and oxygen atoms in total. The zero-order valence-electron chi connectivity index (χ0n) is 7.18. The number of hydrogen-bond donors (Lipinski definition) is 0. The maximum Gasteiger partial charge on any atom is 0.223 e. The van der Waals surface area contributed by atoms with Crippen LogP contribution in [0.4, 0.5) is 0 Å². The van der Waals surface area contributed by atoms with E-state index >= 15 is 0 Å².